The minimum Gasteiger partial charge on any atom is -0.350 e. The summed E-state index contributed by atoms with van der Waals surface area (Å²) in [6.45, 7) is 3.44. The molecule has 1 amide bonds. The van der Waals surface area contributed by atoms with E-state index in [2.05, 4.69) is 28.8 Å². The highest BCUT2D eigenvalue weighted by Gasteiger charge is 2.20. The molecule has 0 bridgehead atoms. The zero-order valence-corrected chi connectivity index (χ0v) is 13.3. The molecule has 1 heterocycles. The lowest BCUT2D eigenvalue weighted by Gasteiger charge is -2.27. The van der Waals surface area contributed by atoms with Gasteiger partial charge in [-0.25, -0.2) is 0 Å². The van der Waals surface area contributed by atoms with Crippen molar-refractivity contribution < 1.29 is 4.79 Å². The van der Waals surface area contributed by atoms with Crippen LogP contribution in [0.3, 0.4) is 0 Å². The molecule has 114 valence electrons. The molecule has 2 aromatic rings. The fourth-order valence-electron chi connectivity index (χ4n) is 2.87. The lowest BCUT2D eigenvalue weighted by atomic mass is 9.94. The molecule has 22 heavy (non-hydrogen) atoms. The third-order valence-corrected chi connectivity index (χ3v) is 4.36. The van der Waals surface area contributed by atoms with Gasteiger partial charge in [-0.15, -0.1) is 0 Å². The maximum Gasteiger partial charge on any atom is 0.252 e. The summed E-state index contributed by atoms with van der Waals surface area (Å²) < 4.78 is 0. The fourth-order valence-corrected chi connectivity index (χ4v) is 3.19. The number of halogens is 1. The lowest BCUT2D eigenvalue weighted by Crippen LogP contribution is -2.38. The summed E-state index contributed by atoms with van der Waals surface area (Å²) in [6.07, 6.45) is 1.03. The normalized spacial score (nSPS) is 16.9. The van der Waals surface area contributed by atoms with E-state index in [9.17, 15) is 4.79 Å². The van der Waals surface area contributed by atoms with E-state index in [0.29, 0.717) is 17.1 Å². The molecule has 0 saturated carbocycles. The molecule has 2 N–H and O–H groups in total. The van der Waals surface area contributed by atoms with E-state index in [1.165, 1.54) is 11.1 Å². The summed E-state index contributed by atoms with van der Waals surface area (Å²) in [4.78, 5) is 12.3. The summed E-state index contributed by atoms with van der Waals surface area (Å²) in [5.74, 6) is -0.130. The van der Waals surface area contributed by atoms with Crippen molar-refractivity contribution >= 4 is 17.5 Å². The third-order valence-electron chi connectivity index (χ3n) is 4.05. The highest BCUT2D eigenvalue weighted by molar-refractivity contribution is 6.33. The van der Waals surface area contributed by atoms with Crippen molar-refractivity contribution in [3.8, 4) is 0 Å². The Morgan fingerprint density at radius 1 is 1.32 bits per heavy atom. The number of nitrogens with one attached hydrogen (secondary N) is 2. The van der Waals surface area contributed by atoms with E-state index in [-0.39, 0.29) is 11.9 Å². The van der Waals surface area contributed by atoms with Crippen molar-refractivity contribution in [1.82, 2.24) is 10.6 Å². The number of carbonyl (C=O) groups is 1. The quantitative estimate of drug-likeness (QED) is 0.913. The van der Waals surface area contributed by atoms with Crippen LogP contribution in [0.1, 0.15) is 33.1 Å². The van der Waals surface area contributed by atoms with Gasteiger partial charge in [0.15, 0.2) is 0 Å². The van der Waals surface area contributed by atoms with E-state index in [0.717, 1.165) is 18.5 Å². The third kappa shape index (κ3) is 3.16. The number of aryl methyl sites for hydroxylation is 1. The summed E-state index contributed by atoms with van der Waals surface area (Å²) in [5, 5.41) is 6.94. The second-order valence-corrected chi connectivity index (χ2v) is 6.06. The molecule has 3 nitrogen and oxygen atoms in total. The van der Waals surface area contributed by atoms with E-state index in [1.807, 2.05) is 25.1 Å². The van der Waals surface area contributed by atoms with Gasteiger partial charge in [0.05, 0.1) is 10.6 Å². The van der Waals surface area contributed by atoms with E-state index < -0.39 is 0 Å². The van der Waals surface area contributed by atoms with Crippen LogP contribution in [0.5, 0.6) is 0 Å². The number of hydrogen-bond acceptors (Lipinski definition) is 2. The summed E-state index contributed by atoms with van der Waals surface area (Å²) in [7, 11) is 0. The molecule has 0 radical (unpaired) electrons. The van der Waals surface area contributed by atoms with Gasteiger partial charge in [0.2, 0.25) is 0 Å². The van der Waals surface area contributed by atoms with E-state index in [4.69, 9.17) is 11.6 Å². The van der Waals surface area contributed by atoms with Crippen LogP contribution in [0.4, 0.5) is 0 Å². The number of benzene rings is 2. The first-order valence-corrected chi connectivity index (χ1v) is 7.88. The summed E-state index contributed by atoms with van der Waals surface area (Å²) in [6, 6.07) is 14.0. The smallest absolute Gasteiger partial charge is 0.252 e. The van der Waals surface area contributed by atoms with E-state index >= 15 is 0 Å². The average molecular weight is 315 g/mol. The van der Waals surface area contributed by atoms with Gasteiger partial charge in [0.1, 0.15) is 0 Å². The Kier molecular flexibility index (Phi) is 4.46. The molecular weight excluding hydrogens is 296 g/mol. The molecule has 0 aliphatic carbocycles. The molecule has 1 atom stereocenters. The standard InChI is InChI=1S/C18H19ClN2O/c1-12-6-7-15(16(19)10-12)18(22)21-11-17-14-5-3-2-4-13(14)8-9-20-17/h2-7,10,17,20H,8-9,11H2,1H3,(H,21,22). The summed E-state index contributed by atoms with van der Waals surface area (Å²) in [5.41, 5.74) is 4.19. The van der Waals surface area contributed by atoms with Crippen molar-refractivity contribution in [3.63, 3.8) is 0 Å². The van der Waals surface area contributed by atoms with Crippen LogP contribution in [-0.2, 0) is 6.42 Å². The number of hydrogen-bond donors (Lipinski definition) is 2. The van der Waals surface area contributed by atoms with Crippen LogP contribution in [0, 0.1) is 6.92 Å². The Balaban J connectivity index is 1.69. The van der Waals surface area contributed by atoms with Crippen LogP contribution in [0.15, 0.2) is 42.5 Å². The summed E-state index contributed by atoms with van der Waals surface area (Å²) >= 11 is 6.15. The van der Waals surface area contributed by atoms with E-state index in [1.54, 1.807) is 6.07 Å². The minimum atomic E-state index is -0.130. The van der Waals surface area contributed by atoms with Crippen molar-refractivity contribution in [3.05, 3.63) is 69.7 Å². The maximum absolute atomic E-state index is 12.3. The van der Waals surface area contributed by atoms with Gasteiger partial charge in [-0.2, -0.15) is 0 Å². The minimum absolute atomic E-state index is 0.130. The molecule has 1 aliphatic heterocycles. The van der Waals surface area contributed by atoms with Crippen LogP contribution < -0.4 is 10.6 Å². The average Bonchev–Trinajstić information content (AvgIpc) is 2.52. The van der Waals surface area contributed by atoms with Crippen molar-refractivity contribution in [2.24, 2.45) is 0 Å². The Bertz CT molecular complexity index is 699. The second kappa shape index (κ2) is 6.51. The van der Waals surface area contributed by atoms with Gasteiger partial charge < -0.3 is 10.6 Å². The Labute approximate surface area is 135 Å². The molecule has 1 aliphatic rings. The number of amides is 1. The monoisotopic (exact) mass is 314 g/mol. The molecule has 4 heteroatoms. The Hall–Kier alpha value is -1.84. The molecule has 0 aromatic heterocycles. The fraction of sp³-hybridized carbons (Fsp3) is 0.278. The highest BCUT2D eigenvalue weighted by atomic mass is 35.5. The second-order valence-electron chi connectivity index (χ2n) is 5.65. The largest absolute Gasteiger partial charge is 0.350 e. The number of fused-ring (bicyclic) bond motifs is 1. The lowest BCUT2D eigenvalue weighted by molar-refractivity contribution is 0.0949. The van der Waals surface area contributed by atoms with Crippen molar-refractivity contribution in [2.75, 3.05) is 13.1 Å². The van der Waals surface area contributed by atoms with Crippen LogP contribution in [-0.4, -0.2) is 19.0 Å². The SMILES string of the molecule is Cc1ccc(C(=O)NCC2NCCc3ccccc32)c(Cl)c1. The van der Waals surface area contributed by atoms with Gasteiger partial charge in [-0.3, -0.25) is 4.79 Å². The molecule has 0 spiro atoms. The predicted molar refractivity (Wildman–Crippen MR) is 89.4 cm³/mol. The van der Waals surface area contributed by atoms with Crippen LogP contribution in [0.2, 0.25) is 5.02 Å². The zero-order valence-electron chi connectivity index (χ0n) is 12.5. The molecule has 1 unspecified atom stereocenters. The Morgan fingerprint density at radius 2 is 2.14 bits per heavy atom. The first-order chi connectivity index (χ1) is 10.6. The first-order valence-electron chi connectivity index (χ1n) is 7.50. The molecular formula is C18H19ClN2O. The van der Waals surface area contributed by atoms with Crippen molar-refractivity contribution in [2.45, 2.75) is 19.4 Å². The van der Waals surface area contributed by atoms with Gasteiger partial charge >= 0.3 is 0 Å². The maximum atomic E-state index is 12.3. The predicted octanol–water partition coefficient (Wildman–Crippen LogP) is 3.27. The van der Waals surface area contributed by atoms with Gasteiger partial charge in [0.25, 0.3) is 5.91 Å². The first kappa shape index (κ1) is 15.1. The Morgan fingerprint density at radius 3 is 2.95 bits per heavy atom. The zero-order chi connectivity index (χ0) is 15.5. The van der Waals surface area contributed by atoms with Gasteiger partial charge in [-0.05, 0) is 48.7 Å². The van der Waals surface area contributed by atoms with Crippen LogP contribution >= 0.6 is 11.6 Å². The van der Waals surface area contributed by atoms with Gasteiger partial charge in [0, 0.05) is 12.6 Å². The topological polar surface area (TPSA) is 41.1 Å². The number of rotatable bonds is 3. The highest BCUT2D eigenvalue weighted by Crippen LogP contribution is 2.22. The molecule has 0 fully saturated rings. The van der Waals surface area contributed by atoms with Crippen molar-refractivity contribution in [1.29, 1.82) is 0 Å². The molecule has 3 rings (SSSR count). The molecule has 0 saturated heterocycles. The number of carbonyl (C=O) groups excluding carboxylic acids is 1. The molecule has 2 aromatic carbocycles. The van der Waals surface area contributed by atoms with Crippen LogP contribution in [0.25, 0.3) is 0 Å². The van der Waals surface area contributed by atoms with Gasteiger partial charge in [-0.1, -0.05) is 41.9 Å².